The Morgan fingerprint density at radius 3 is 2.57 bits per heavy atom. The highest BCUT2D eigenvalue weighted by Crippen LogP contribution is 2.24. The number of carbonyl (C=O) groups is 1. The molecule has 2 aromatic carbocycles. The van der Waals surface area contributed by atoms with Crippen molar-refractivity contribution in [2.45, 2.75) is 25.7 Å². The number of aryl methyl sites for hydroxylation is 1. The van der Waals surface area contributed by atoms with Crippen LogP contribution in [0.2, 0.25) is 10.0 Å². The summed E-state index contributed by atoms with van der Waals surface area (Å²) in [5.74, 6) is 0.874. The summed E-state index contributed by atoms with van der Waals surface area (Å²) in [6.07, 6.45) is 9.85. The zero-order valence-corrected chi connectivity index (χ0v) is 18.3. The molecular formula is C24H26Cl2N2O2. The first-order chi connectivity index (χ1) is 14.6. The molecule has 0 unspecified atom stereocenters. The Balaban J connectivity index is 1.31. The topological polar surface area (TPSA) is 50.4 Å². The van der Waals surface area contributed by atoms with Crippen LogP contribution in [0.25, 0.3) is 0 Å². The number of allylic oxidation sites excluding steroid dienone is 2. The lowest BCUT2D eigenvalue weighted by Crippen LogP contribution is -2.28. The molecule has 3 rings (SSSR count). The third-order valence-corrected chi connectivity index (χ3v) is 5.48. The van der Waals surface area contributed by atoms with E-state index in [4.69, 9.17) is 27.9 Å². The van der Waals surface area contributed by atoms with E-state index in [2.05, 4.69) is 28.9 Å². The fraction of sp³-hybridized carbons (Fsp3) is 0.292. The fourth-order valence-electron chi connectivity index (χ4n) is 3.05. The average molecular weight is 445 g/mol. The molecule has 1 aliphatic carbocycles. The van der Waals surface area contributed by atoms with E-state index in [1.807, 2.05) is 30.3 Å². The molecule has 0 aliphatic heterocycles. The Morgan fingerprint density at radius 2 is 1.83 bits per heavy atom. The molecule has 2 aromatic rings. The highest BCUT2D eigenvalue weighted by atomic mass is 35.5. The lowest BCUT2D eigenvalue weighted by molar-refractivity contribution is -0.120. The van der Waals surface area contributed by atoms with E-state index in [0.29, 0.717) is 42.6 Å². The maximum absolute atomic E-state index is 12.1. The van der Waals surface area contributed by atoms with Crippen LogP contribution in [-0.2, 0) is 11.2 Å². The van der Waals surface area contributed by atoms with Gasteiger partial charge in [-0.25, -0.2) is 0 Å². The van der Waals surface area contributed by atoms with Crippen molar-refractivity contribution >= 4 is 34.8 Å². The minimum absolute atomic E-state index is 0.0299. The summed E-state index contributed by atoms with van der Waals surface area (Å²) in [5, 5.41) is 7.15. The molecule has 0 bridgehead atoms. The molecule has 0 atom stereocenters. The smallest absolute Gasteiger partial charge is 0.220 e. The van der Waals surface area contributed by atoms with Gasteiger partial charge in [-0.1, -0.05) is 53.6 Å². The molecule has 1 amide bonds. The minimum Gasteiger partial charge on any atom is -0.489 e. The van der Waals surface area contributed by atoms with Crippen LogP contribution in [-0.4, -0.2) is 25.6 Å². The monoisotopic (exact) mass is 444 g/mol. The summed E-state index contributed by atoms with van der Waals surface area (Å²) in [4.78, 5) is 12.1. The van der Waals surface area contributed by atoms with Crippen molar-refractivity contribution < 1.29 is 9.53 Å². The fourth-order valence-corrected chi connectivity index (χ4v) is 3.35. The molecule has 0 radical (unpaired) electrons. The predicted octanol–water partition coefficient (Wildman–Crippen LogP) is 5.81. The number of carbonyl (C=O) groups excluding carboxylic acids is 1. The lowest BCUT2D eigenvalue weighted by Gasteiger charge is -2.10. The Hall–Kier alpha value is -2.43. The summed E-state index contributed by atoms with van der Waals surface area (Å²) in [7, 11) is 0. The molecule has 2 N–H and O–H groups in total. The molecule has 4 nitrogen and oxygen atoms in total. The summed E-state index contributed by atoms with van der Waals surface area (Å²) in [6.45, 7) is 1.74. The van der Waals surface area contributed by atoms with E-state index in [1.165, 1.54) is 5.57 Å². The average Bonchev–Trinajstić information content (AvgIpc) is 2.77. The number of ether oxygens (including phenoxy) is 1. The molecule has 0 saturated heterocycles. The number of anilines is 1. The zero-order chi connectivity index (χ0) is 21.2. The van der Waals surface area contributed by atoms with Gasteiger partial charge in [-0.05, 0) is 60.7 Å². The van der Waals surface area contributed by atoms with Crippen molar-refractivity contribution in [2.75, 3.05) is 25.0 Å². The standard InChI is InChI=1S/C24H26Cl2N2O2/c25-22-12-9-20(16-23(22)26)27-14-15-28-24(29)13-8-18-6-10-21(11-7-18)30-17-19-4-2-1-3-5-19/h2,4-7,9-12,16,27H,1,3,8,13-15,17H2,(H,28,29). The van der Waals surface area contributed by atoms with Gasteiger partial charge in [-0.2, -0.15) is 0 Å². The van der Waals surface area contributed by atoms with Crippen molar-refractivity contribution in [3.8, 4) is 5.75 Å². The molecule has 0 fully saturated rings. The van der Waals surface area contributed by atoms with Gasteiger partial charge >= 0.3 is 0 Å². The Kier molecular flexibility index (Phi) is 8.66. The lowest BCUT2D eigenvalue weighted by atomic mass is 10.1. The second kappa shape index (κ2) is 11.7. The zero-order valence-electron chi connectivity index (χ0n) is 16.8. The van der Waals surface area contributed by atoms with Gasteiger partial charge in [0.25, 0.3) is 0 Å². The van der Waals surface area contributed by atoms with Crippen LogP contribution >= 0.6 is 23.2 Å². The van der Waals surface area contributed by atoms with Gasteiger partial charge in [0.2, 0.25) is 5.91 Å². The van der Waals surface area contributed by atoms with E-state index in [1.54, 1.807) is 12.1 Å². The van der Waals surface area contributed by atoms with Gasteiger partial charge in [0.05, 0.1) is 10.0 Å². The largest absolute Gasteiger partial charge is 0.489 e. The summed E-state index contributed by atoms with van der Waals surface area (Å²) in [6, 6.07) is 13.3. The van der Waals surface area contributed by atoms with Crippen molar-refractivity contribution in [1.29, 1.82) is 0 Å². The maximum atomic E-state index is 12.1. The molecular weight excluding hydrogens is 419 g/mol. The number of hydrogen-bond donors (Lipinski definition) is 2. The van der Waals surface area contributed by atoms with E-state index < -0.39 is 0 Å². The number of amides is 1. The number of benzene rings is 2. The SMILES string of the molecule is O=C(CCc1ccc(OCC2=CCCC=C2)cc1)NCCNc1ccc(Cl)c(Cl)c1. The number of rotatable bonds is 10. The summed E-state index contributed by atoms with van der Waals surface area (Å²) < 4.78 is 5.82. The van der Waals surface area contributed by atoms with Crippen molar-refractivity contribution in [1.82, 2.24) is 5.32 Å². The molecule has 30 heavy (non-hydrogen) atoms. The van der Waals surface area contributed by atoms with Crippen molar-refractivity contribution in [3.05, 3.63) is 81.9 Å². The molecule has 158 valence electrons. The highest BCUT2D eigenvalue weighted by Gasteiger charge is 2.04. The van der Waals surface area contributed by atoms with Crippen LogP contribution in [0.15, 0.2) is 66.3 Å². The van der Waals surface area contributed by atoms with Gasteiger partial charge in [0.15, 0.2) is 0 Å². The predicted molar refractivity (Wildman–Crippen MR) is 125 cm³/mol. The Morgan fingerprint density at radius 1 is 1.00 bits per heavy atom. The quantitative estimate of drug-likeness (QED) is 0.454. The first-order valence-corrected chi connectivity index (χ1v) is 10.9. The van der Waals surface area contributed by atoms with Crippen molar-refractivity contribution in [3.63, 3.8) is 0 Å². The molecule has 0 spiro atoms. The first-order valence-electron chi connectivity index (χ1n) is 10.1. The third-order valence-electron chi connectivity index (χ3n) is 4.74. The van der Waals surface area contributed by atoms with Crippen LogP contribution in [0.3, 0.4) is 0 Å². The Bertz CT molecular complexity index is 908. The van der Waals surface area contributed by atoms with E-state index in [-0.39, 0.29) is 5.91 Å². The molecule has 0 saturated carbocycles. The van der Waals surface area contributed by atoms with Gasteiger partial charge in [-0.15, -0.1) is 0 Å². The molecule has 0 aromatic heterocycles. The maximum Gasteiger partial charge on any atom is 0.220 e. The van der Waals surface area contributed by atoms with E-state index in [9.17, 15) is 4.79 Å². The van der Waals surface area contributed by atoms with E-state index >= 15 is 0 Å². The van der Waals surface area contributed by atoms with Crippen LogP contribution < -0.4 is 15.4 Å². The summed E-state index contributed by atoms with van der Waals surface area (Å²) >= 11 is 11.9. The number of nitrogens with one attached hydrogen (secondary N) is 2. The third kappa shape index (κ3) is 7.43. The van der Waals surface area contributed by atoms with Gasteiger partial charge in [-0.3, -0.25) is 4.79 Å². The highest BCUT2D eigenvalue weighted by molar-refractivity contribution is 6.42. The van der Waals surface area contributed by atoms with Gasteiger partial charge in [0, 0.05) is 25.2 Å². The first kappa shape index (κ1) is 22.3. The minimum atomic E-state index is 0.0299. The number of halogens is 2. The molecule has 0 heterocycles. The van der Waals surface area contributed by atoms with Crippen LogP contribution in [0.5, 0.6) is 5.75 Å². The number of hydrogen-bond acceptors (Lipinski definition) is 3. The van der Waals surface area contributed by atoms with Crippen LogP contribution in [0, 0.1) is 0 Å². The van der Waals surface area contributed by atoms with Crippen molar-refractivity contribution in [2.24, 2.45) is 0 Å². The van der Waals surface area contributed by atoms with Gasteiger partial charge < -0.3 is 15.4 Å². The normalized spacial score (nSPS) is 12.9. The molecule has 6 heteroatoms. The van der Waals surface area contributed by atoms with Gasteiger partial charge in [0.1, 0.15) is 12.4 Å². The second-order valence-electron chi connectivity index (χ2n) is 7.10. The Labute approximate surface area is 187 Å². The van der Waals surface area contributed by atoms with E-state index in [0.717, 1.165) is 29.8 Å². The van der Waals surface area contributed by atoms with Crippen LogP contribution in [0.4, 0.5) is 5.69 Å². The molecule has 1 aliphatic rings. The summed E-state index contributed by atoms with van der Waals surface area (Å²) in [5.41, 5.74) is 3.20. The van der Waals surface area contributed by atoms with Crippen LogP contribution in [0.1, 0.15) is 24.8 Å². The second-order valence-corrected chi connectivity index (χ2v) is 7.91.